The monoisotopic (exact) mass is 410 g/mol. The number of nitrogens with zero attached hydrogens (tertiary/aromatic N) is 3. The molecule has 158 valence electrons. The van der Waals surface area contributed by atoms with Crippen molar-refractivity contribution in [2.75, 3.05) is 51.3 Å². The number of morpholine rings is 1. The summed E-state index contributed by atoms with van der Waals surface area (Å²) in [5.74, 6) is 0.119. The highest BCUT2D eigenvalue weighted by molar-refractivity contribution is 7.13. The highest BCUT2D eigenvalue weighted by Gasteiger charge is 2.23. The number of carbonyl (C=O) groups is 2. The molecule has 0 radical (unpaired) electrons. The molecule has 1 unspecified atom stereocenters. The zero-order valence-corrected chi connectivity index (χ0v) is 18.4. The number of ether oxygens (including phenoxy) is 1. The van der Waals surface area contributed by atoms with Gasteiger partial charge in [-0.05, 0) is 17.8 Å². The van der Waals surface area contributed by atoms with Crippen LogP contribution in [0.5, 0.6) is 0 Å². The summed E-state index contributed by atoms with van der Waals surface area (Å²) < 4.78 is 5.38. The normalized spacial score (nSPS) is 16.6. The second-order valence-corrected chi connectivity index (χ2v) is 9.62. The molecular weight excluding hydrogens is 376 g/mol. The molecule has 1 atom stereocenters. The summed E-state index contributed by atoms with van der Waals surface area (Å²) in [7, 11) is 0. The third-order valence-electron chi connectivity index (χ3n) is 4.64. The van der Waals surface area contributed by atoms with Crippen LogP contribution in [0.4, 0.5) is 5.13 Å². The van der Waals surface area contributed by atoms with Crippen LogP contribution in [-0.2, 0) is 14.3 Å². The Morgan fingerprint density at radius 1 is 1.36 bits per heavy atom. The number of amides is 2. The Kier molecular flexibility index (Phi) is 8.85. The molecule has 2 heterocycles. The number of hydrogen-bond acceptors (Lipinski definition) is 6. The van der Waals surface area contributed by atoms with E-state index in [2.05, 4.69) is 42.9 Å². The van der Waals surface area contributed by atoms with Crippen LogP contribution >= 0.6 is 11.3 Å². The average Bonchev–Trinajstić information content (AvgIpc) is 3.10. The summed E-state index contributed by atoms with van der Waals surface area (Å²) in [6, 6.07) is 0. The van der Waals surface area contributed by atoms with Crippen molar-refractivity contribution in [3.8, 4) is 0 Å². The Hall–Kier alpha value is -1.51. The van der Waals surface area contributed by atoms with E-state index in [1.54, 1.807) is 11.1 Å². The Labute approximate surface area is 172 Å². The first kappa shape index (κ1) is 22.8. The molecule has 7 nitrogen and oxygen atoms in total. The molecule has 0 saturated carbocycles. The van der Waals surface area contributed by atoms with E-state index < -0.39 is 0 Å². The molecule has 1 aliphatic rings. The topological polar surface area (TPSA) is 74.8 Å². The van der Waals surface area contributed by atoms with Crippen molar-refractivity contribution in [3.63, 3.8) is 0 Å². The van der Waals surface area contributed by atoms with Crippen molar-refractivity contribution < 1.29 is 14.3 Å². The summed E-state index contributed by atoms with van der Waals surface area (Å²) in [5, 5.41) is 5.15. The van der Waals surface area contributed by atoms with Crippen LogP contribution in [0.25, 0.3) is 0 Å². The molecule has 0 bridgehead atoms. The number of thiazole rings is 1. The fourth-order valence-electron chi connectivity index (χ4n) is 3.54. The van der Waals surface area contributed by atoms with Gasteiger partial charge < -0.3 is 15.0 Å². The van der Waals surface area contributed by atoms with Crippen molar-refractivity contribution >= 4 is 28.3 Å². The van der Waals surface area contributed by atoms with Gasteiger partial charge in [0, 0.05) is 44.2 Å². The lowest BCUT2D eigenvalue weighted by atomic mass is 9.84. The van der Waals surface area contributed by atoms with Gasteiger partial charge in [-0.3, -0.25) is 14.5 Å². The zero-order chi connectivity index (χ0) is 20.6. The fraction of sp³-hybridized carbons (Fsp3) is 0.750. The first-order chi connectivity index (χ1) is 13.2. The molecule has 8 heteroatoms. The van der Waals surface area contributed by atoms with Gasteiger partial charge in [0.1, 0.15) is 0 Å². The summed E-state index contributed by atoms with van der Waals surface area (Å²) in [6.45, 7) is 13.2. The SMILES string of the molecule is CC(CC(=O)N(CCN1CCOCC1)CC(=O)Nc1nccs1)CC(C)(C)C. The van der Waals surface area contributed by atoms with Crippen molar-refractivity contribution in [1.82, 2.24) is 14.8 Å². The fourth-order valence-corrected chi connectivity index (χ4v) is 4.09. The van der Waals surface area contributed by atoms with Gasteiger partial charge in [0.15, 0.2) is 5.13 Å². The van der Waals surface area contributed by atoms with E-state index in [1.807, 2.05) is 5.38 Å². The van der Waals surface area contributed by atoms with Gasteiger partial charge >= 0.3 is 0 Å². The molecule has 1 aromatic heterocycles. The van der Waals surface area contributed by atoms with Crippen LogP contribution in [0.1, 0.15) is 40.5 Å². The molecule has 1 aromatic rings. The second-order valence-electron chi connectivity index (χ2n) is 8.73. The highest BCUT2D eigenvalue weighted by atomic mass is 32.1. The van der Waals surface area contributed by atoms with Crippen LogP contribution < -0.4 is 5.32 Å². The lowest BCUT2D eigenvalue weighted by Gasteiger charge is -2.31. The number of anilines is 1. The van der Waals surface area contributed by atoms with Crippen LogP contribution in [-0.4, -0.2) is 72.5 Å². The molecule has 2 amide bonds. The van der Waals surface area contributed by atoms with Crippen molar-refractivity contribution in [2.45, 2.75) is 40.5 Å². The lowest BCUT2D eigenvalue weighted by Crippen LogP contribution is -2.45. The van der Waals surface area contributed by atoms with Gasteiger partial charge in [-0.2, -0.15) is 0 Å². The van der Waals surface area contributed by atoms with Gasteiger partial charge in [0.25, 0.3) is 0 Å². The minimum Gasteiger partial charge on any atom is -0.379 e. The minimum absolute atomic E-state index is 0.0410. The molecule has 1 saturated heterocycles. The quantitative estimate of drug-likeness (QED) is 0.677. The Morgan fingerprint density at radius 2 is 2.07 bits per heavy atom. The van der Waals surface area contributed by atoms with E-state index in [4.69, 9.17) is 4.74 Å². The largest absolute Gasteiger partial charge is 0.379 e. The maximum absolute atomic E-state index is 12.9. The van der Waals surface area contributed by atoms with Crippen LogP contribution in [0.2, 0.25) is 0 Å². The predicted octanol–water partition coefficient (Wildman–Crippen LogP) is 2.70. The number of nitrogens with one attached hydrogen (secondary N) is 1. The molecule has 0 spiro atoms. The first-order valence-corrected chi connectivity index (χ1v) is 10.9. The molecule has 0 aromatic carbocycles. The maximum Gasteiger partial charge on any atom is 0.245 e. The van der Waals surface area contributed by atoms with Crippen molar-refractivity contribution in [2.24, 2.45) is 11.3 Å². The van der Waals surface area contributed by atoms with Crippen molar-refractivity contribution in [1.29, 1.82) is 0 Å². The van der Waals surface area contributed by atoms with Crippen LogP contribution in [0, 0.1) is 11.3 Å². The summed E-state index contributed by atoms with van der Waals surface area (Å²) in [5.41, 5.74) is 0.181. The van der Waals surface area contributed by atoms with E-state index in [-0.39, 0.29) is 29.7 Å². The molecule has 1 N–H and O–H groups in total. The Morgan fingerprint density at radius 3 is 2.68 bits per heavy atom. The zero-order valence-electron chi connectivity index (χ0n) is 17.6. The molecule has 28 heavy (non-hydrogen) atoms. The van der Waals surface area contributed by atoms with E-state index in [0.717, 1.165) is 39.3 Å². The number of carbonyl (C=O) groups excluding carboxylic acids is 2. The van der Waals surface area contributed by atoms with Gasteiger partial charge in [0.05, 0.1) is 19.8 Å². The molecule has 1 aliphatic heterocycles. The van der Waals surface area contributed by atoms with E-state index in [1.165, 1.54) is 11.3 Å². The standard InChI is InChI=1S/C20H34N4O3S/c1-16(14-20(2,3)4)13-18(26)24(7-6-23-8-10-27-11-9-23)15-17(25)22-19-21-5-12-28-19/h5,12,16H,6-11,13-15H2,1-4H3,(H,21,22,25). The van der Waals surface area contributed by atoms with Gasteiger partial charge in [-0.1, -0.05) is 27.7 Å². The molecule has 1 fully saturated rings. The maximum atomic E-state index is 12.9. The third-order valence-corrected chi connectivity index (χ3v) is 5.33. The highest BCUT2D eigenvalue weighted by Crippen LogP contribution is 2.26. The van der Waals surface area contributed by atoms with Crippen LogP contribution in [0.3, 0.4) is 0 Å². The van der Waals surface area contributed by atoms with Crippen molar-refractivity contribution in [3.05, 3.63) is 11.6 Å². The van der Waals surface area contributed by atoms with E-state index in [9.17, 15) is 9.59 Å². The average molecular weight is 411 g/mol. The number of hydrogen-bond donors (Lipinski definition) is 1. The van der Waals surface area contributed by atoms with E-state index in [0.29, 0.717) is 18.1 Å². The number of rotatable bonds is 9. The van der Waals surface area contributed by atoms with Crippen LogP contribution in [0.15, 0.2) is 11.6 Å². The Balaban J connectivity index is 1.93. The third kappa shape index (κ3) is 8.67. The molecular formula is C20H34N4O3S. The predicted molar refractivity (Wildman–Crippen MR) is 112 cm³/mol. The van der Waals surface area contributed by atoms with Gasteiger partial charge in [0.2, 0.25) is 11.8 Å². The number of aromatic nitrogens is 1. The summed E-state index contributed by atoms with van der Waals surface area (Å²) >= 11 is 1.37. The van der Waals surface area contributed by atoms with Gasteiger partial charge in [-0.15, -0.1) is 11.3 Å². The molecule has 0 aliphatic carbocycles. The summed E-state index contributed by atoms with van der Waals surface area (Å²) in [4.78, 5) is 33.4. The minimum atomic E-state index is -0.200. The second kappa shape index (κ2) is 10.9. The smallest absolute Gasteiger partial charge is 0.245 e. The summed E-state index contributed by atoms with van der Waals surface area (Å²) in [6.07, 6.45) is 3.09. The van der Waals surface area contributed by atoms with Gasteiger partial charge in [-0.25, -0.2) is 4.98 Å². The Bertz CT molecular complexity index is 609. The first-order valence-electron chi connectivity index (χ1n) is 10.00. The van der Waals surface area contributed by atoms with E-state index >= 15 is 0 Å². The molecule has 2 rings (SSSR count). The lowest BCUT2D eigenvalue weighted by molar-refractivity contribution is -0.136.